The van der Waals surface area contributed by atoms with Gasteiger partial charge >= 0.3 is 0 Å². The molecule has 1 aliphatic heterocycles. The first-order valence-electron chi connectivity index (χ1n) is 7.80. The van der Waals surface area contributed by atoms with Crippen LogP contribution in [-0.2, 0) is 12.8 Å². The number of hydrogen-bond acceptors (Lipinski definition) is 4. The Balaban J connectivity index is 2.02. The molecule has 2 rings (SSSR count). The number of nitrogens with zero attached hydrogens (tertiary/aromatic N) is 1. The second-order valence-electron chi connectivity index (χ2n) is 5.53. The molecule has 1 atom stereocenters. The van der Waals surface area contributed by atoms with E-state index >= 15 is 0 Å². The summed E-state index contributed by atoms with van der Waals surface area (Å²) in [5.74, 6) is 6.82. The molecule has 0 aromatic heterocycles. The molecular weight excluding hydrogens is 330 g/mol. The van der Waals surface area contributed by atoms with E-state index in [2.05, 4.69) is 52.2 Å². The van der Waals surface area contributed by atoms with Crippen molar-refractivity contribution in [3.8, 4) is 5.75 Å². The van der Waals surface area contributed by atoms with Crippen LogP contribution in [0.1, 0.15) is 31.4 Å². The minimum Gasteiger partial charge on any atom is -0.493 e. The van der Waals surface area contributed by atoms with Crippen molar-refractivity contribution in [2.75, 3.05) is 26.2 Å². The van der Waals surface area contributed by atoms with Crippen molar-refractivity contribution in [1.82, 2.24) is 10.3 Å². The molecule has 0 radical (unpaired) electrons. The lowest BCUT2D eigenvalue weighted by Gasteiger charge is -2.23. The van der Waals surface area contributed by atoms with Gasteiger partial charge in [-0.2, -0.15) is 0 Å². The number of nitrogens with two attached hydrogens (primary N) is 1. The molecular formula is C16H26BrN3O. The summed E-state index contributed by atoms with van der Waals surface area (Å²) in [4.78, 5) is 2.42. The Morgan fingerprint density at radius 2 is 2.14 bits per heavy atom. The smallest absolute Gasteiger partial charge is 0.125 e. The Hall–Kier alpha value is -0.620. The van der Waals surface area contributed by atoms with Crippen molar-refractivity contribution in [3.05, 3.63) is 27.7 Å². The molecule has 1 aliphatic rings. The van der Waals surface area contributed by atoms with Gasteiger partial charge in [0.15, 0.2) is 0 Å². The summed E-state index contributed by atoms with van der Waals surface area (Å²) in [5, 5.41) is 0. The van der Waals surface area contributed by atoms with Crippen LogP contribution in [0.15, 0.2) is 16.6 Å². The van der Waals surface area contributed by atoms with E-state index in [0.717, 1.165) is 55.7 Å². The molecule has 0 spiro atoms. The quantitative estimate of drug-likeness (QED) is 0.555. The Morgan fingerprint density at radius 3 is 2.81 bits per heavy atom. The molecule has 5 heteroatoms. The molecule has 1 unspecified atom stereocenters. The lowest BCUT2D eigenvalue weighted by atomic mass is 10.00. The van der Waals surface area contributed by atoms with E-state index in [-0.39, 0.29) is 6.04 Å². The third kappa shape index (κ3) is 4.42. The van der Waals surface area contributed by atoms with Gasteiger partial charge in [-0.3, -0.25) is 11.3 Å². The zero-order valence-electron chi connectivity index (χ0n) is 13.0. The molecule has 21 heavy (non-hydrogen) atoms. The standard InChI is InChI=1S/C16H26BrN3O/c1-3-20(4-2)7-5-15(19-18)11-13-10-14(17)9-12-6-8-21-16(12)13/h9-10,15,19H,3-8,11,18H2,1-2H3. The molecule has 1 heterocycles. The summed E-state index contributed by atoms with van der Waals surface area (Å²) in [6.07, 6.45) is 2.95. The van der Waals surface area contributed by atoms with E-state index in [1.807, 2.05) is 0 Å². The Morgan fingerprint density at radius 1 is 1.38 bits per heavy atom. The highest BCUT2D eigenvalue weighted by Crippen LogP contribution is 2.33. The van der Waals surface area contributed by atoms with Gasteiger partial charge in [-0.1, -0.05) is 29.8 Å². The predicted octanol–water partition coefficient (Wildman–Crippen LogP) is 2.49. The Labute approximate surface area is 136 Å². The molecule has 3 N–H and O–H groups in total. The van der Waals surface area contributed by atoms with Gasteiger partial charge in [-0.05, 0) is 55.7 Å². The van der Waals surface area contributed by atoms with Gasteiger partial charge in [-0.15, -0.1) is 0 Å². The van der Waals surface area contributed by atoms with Crippen LogP contribution in [0.2, 0.25) is 0 Å². The predicted molar refractivity (Wildman–Crippen MR) is 90.6 cm³/mol. The molecule has 4 nitrogen and oxygen atoms in total. The lowest BCUT2D eigenvalue weighted by molar-refractivity contribution is 0.280. The number of nitrogens with one attached hydrogen (secondary N) is 1. The molecule has 0 saturated heterocycles. The fraction of sp³-hybridized carbons (Fsp3) is 0.625. The molecule has 118 valence electrons. The first kappa shape index (κ1) is 16.7. The van der Waals surface area contributed by atoms with E-state index < -0.39 is 0 Å². The van der Waals surface area contributed by atoms with Crippen LogP contribution in [0, 0.1) is 0 Å². The molecule has 0 aliphatic carbocycles. The van der Waals surface area contributed by atoms with Gasteiger partial charge in [0.25, 0.3) is 0 Å². The zero-order valence-corrected chi connectivity index (χ0v) is 14.6. The van der Waals surface area contributed by atoms with Crippen molar-refractivity contribution >= 4 is 15.9 Å². The van der Waals surface area contributed by atoms with Crippen LogP contribution >= 0.6 is 15.9 Å². The van der Waals surface area contributed by atoms with Gasteiger partial charge in [-0.25, -0.2) is 0 Å². The van der Waals surface area contributed by atoms with Crippen LogP contribution in [0.25, 0.3) is 0 Å². The fourth-order valence-corrected chi connectivity index (χ4v) is 3.44. The van der Waals surface area contributed by atoms with Crippen LogP contribution in [0.4, 0.5) is 0 Å². The second-order valence-corrected chi connectivity index (χ2v) is 6.45. The number of hydrazine groups is 1. The average Bonchev–Trinajstić information content (AvgIpc) is 2.95. The summed E-state index contributed by atoms with van der Waals surface area (Å²) in [5.41, 5.74) is 5.52. The number of hydrogen-bond donors (Lipinski definition) is 2. The highest BCUT2D eigenvalue weighted by molar-refractivity contribution is 9.10. The highest BCUT2D eigenvalue weighted by atomic mass is 79.9. The second kappa shape index (κ2) is 8.13. The maximum Gasteiger partial charge on any atom is 0.125 e. The summed E-state index contributed by atoms with van der Waals surface area (Å²) in [6, 6.07) is 4.59. The van der Waals surface area contributed by atoms with Gasteiger partial charge in [0.05, 0.1) is 6.61 Å². The molecule has 0 fully saturated rings. The monoisotopic (exact) mass is 355 g/mol. The first-order valence-corrected chi connectivity index (χ1v) is 8.59. The van der Waals surface area contributed by atoms with Gasteiger partial charge in [0.2, 0.25) is 0 Å². The minimum atomic E-state index is 0.271. The van der Waals surface area contributed by atoms with Crippen molar-refractivity contribution in [1.29, 1.82) is 0 Å². The number of halogens is 1. The lowest BCUT2D eigenvalue weighted by Crippen LogP contribution is -2.39. The average molecular weight is 356 g/mol. The van der Waals surface area contributed by atoms with E-state index in [1.54, 1.807) is 0 Å². The van der Waals surface area contributed by atoms with Crippen molar-refractivity contribution in [3.63, 3.8) is 0 Å². The molecule has 0 amide bonds. The molecule has 1 aromatic rings. The van der Waals surface area contributed by atoms with Crippen molar-refractivity contribution in [2.45, 2.75) is 39.2 Å². The topological polar surface area (TPSA) is 50.5 Å². The van der Waals surface area contributed by atoms with E-state index in [1.165, 1.54) is 11.1 Å². The number of rotatable bonds is 8. The van der Waals surface area contributed by atoms with E-state index in [0.29, 0.717) is 0 Å². The molecule has 0 bridgehead atoms. The van der Waals surface area contributed by atoms with Gasteiger partial charge in [0, 0.05) is 16.9 Å². The molecule has 1 aromatic carbocycles. The summed E-state index contributed by atoms with van der Waals surface area (Å²) in [6.45, 7) is 8.43. The highest BCUT2D eigenvalue weighted by Gasteiger charge is 2.20. The van der Waals surface area contributed by atoms with Crippen molar-refractivity contribution in [2.24, 2.45) is 5.84 Å². The number of ether oxygens (including phenoxy) is 1. The first-order chi connectivity index (χ1) is 10.2. The third-order valence-corrected chi connectivity index (χ3v) is 4.67. The maximum absolute atomic E-state index is 5.80. The Kier molecular flexibility index (Phi) is 6.48. The van der Waals surface area contributed by atoms with Gasteiger partial charge < -0.3 is 9.64 Å². The summed E-state index contributed by atoms with van der Waals surface area (Å²) in [7, 11) is 0. The number of fused-ring (bicyclic) bond motifs is 1. The van der Waals surface area contributed by atoms with Crippen LogP contribution in [-0.4, -0.2) is 37.2 Å². The SMILES string of the molecule is CCN(CC)CCC(Cc1cc(Br)cc2c1OCC2)NN. The van der Waals surface area contributed by atoms with Crippen LogP contribution < -0.4 is 16.0 Å². The van der Waals surface area contributed by atoms with E-state index in [4.69, 9.17) is 10.6 Å². The van der Waals surface area contributed by atoms with Crippen LogP contribution in [0.5, 0.6) is 5.75 Å². The summed E-state index contributed by atoms with van der Waals surface area (Å²) < 4.78 is 6.92. The zero-order chi connectivity index (χ0) is 15.2. The summed E-state index contributed by atoms with van der Waals surface area (Å²) >= 11 is 3.60. The maximum atomic E-state index is 5.80. The van der Waals surface area contributed by atoms with Crippen LogP contribution in [0.3, 0.4) is 0 Å². The fourth-order valence-electron chi connectivity index (χ4n) is 2.89. The van der Waals surface area contributed by atoms with Crippen molar-refractivity contribution < 1.29 is 4.74 Å². The normalized spacial score (nSPS) is 15.1. The Bertz CT molecular complexity index is 463. The van der Waals surface area contributed by atoms with E-state index in [9.17, 15) is 0 Å². The minimum absolute atomic E-state index is 0.271. The number of benzene rings is 1. The molecule has 0 saturated carbocycles. The van der Waals surface area contributed by atoms with Gasteiger partial charge in [0.1, 0.15) is 5.75 Å². The largest absolute Gasteiger partial charge is 0.493 e. The third-order valence-electron chi connectivity index (χ3n) is 4.22.